The monoisotopic (exact) mass is 594 g/mol. The number of phenols is 4. The van der Waals surface area contributed by atoms with Gasteiger partial charge in [-0.3, -0.25) is 4.79 Å². The zero-order valence-electron chi connectivity index (χ0n) is 21.9. The third-order valence-electron chi connectivity index (χ3n) is 7.50. The molecule has 0 amide bonds. The molecule has 0 saturated carbocycles. The van der Waals surface area contributed by atoms with E-state index in [9.17, 15) is 55.9 Å². The van der Waals surface area contributed by atoms with Crippen LogP contribution in [0.15, 0.2) is 39.5 Å². The van der Waals surface area contributed by atoms with Crippen molar-refractivity contribution in [2.45, 2.75) is 68.1 Å². The van der Waals surface area contributed by atoms with E-state index in [1.165, 1.54) is 19.1 Å². The molecule has 2 aromatic carbocycles. The van der Waals surface area contributed by atoms with Crippen molar-refractivity contribution in [2.24, 2.45) is 0 Å². The van der Waals surface area contributed by atoms with Gasteiger partial charge in [0.15, 0.2) is 23.2 Å². The van der Waals surface area contributed by atoms with E-state index in [1.807, 2.05) is 0 Å². The van der Waals surface area contributed by atoms with E-state index < -0.39 is 107 Å². The lowest BCUT2D eigenvalue weighted by Gasteiger charge is -2.43. The first kappa shape index (κ1) is 30.0. The van der Waals surface area contributed by atoms with Gasteiger partial charge in [0.1, 0.15) is 77.1 Å². The molecule has 0 bridgehead atoms. The Balaban J connectivity index is 1.45. The van der Waals surface area contributed by atoms with Crippen molar-refractivity contribution in [1.29, 1.82) is 0 Å². The van der Waals surface area contributed by atoms with E-state index in [4.69, 9.17) is 18.6 Å². The minimum atomic E-state index is -1.91. The number of hydrogen-bond acceptors (Lipinski definition) is 15. The molecule has 15 nitrogen and oxygen atoms in total. The Morgan fingerprint density at radius 1 is 0.762 bits per heavy atom. The zero-order chi connectivity index (χ0) is 30.6. The summed E-state index contributed by atoms with van der Waals surface area (Å²) in [7, 11) is 0. The molecule has 10 N–H and O–H groups in total. The molecule has 0 unspecified atom stereocenters. The Hall–Kier alpha value is -3.51. The fourth-order valence-corrected chi connectivity index (χ4v) is 5.07. The predicted molar refractivity (Wildman–Crippen MR) is 139 cm³/mol. The Bertz CT molecular complexity index is 1520. The van der Waals surface area contributed by atoms with Crippen molar-refractivity contribution < 1.29 is 69.7 Å². The van der Waals surface area contributed by atoms with E-state index in [0.29, 0.717) is 0 Å². The third-order valence-corrected chi connectivity index (χ3v) is 7.50. The Morgan fingerprint density at radius 3 is 2.14 bits per heavy atom. The number of hydrogen-bond donors (Lipinski definition) is 10. The Labute approximate surface area is 236 Å². The van der Waals surface area contributed by atoms with Gasteiger partial charge in [-0.05, 0) is 25.1 Å². The molecule has 3 aromatic rings. The van der Waals surface area contributed by atoms with Gasteiger partial charge in [-0.25, -0.2) is 0 Å². The van der Waals surface area contributed by atoms with E-state index in [2.05, 4.69) is 0 Å². The summed E-state index contributed by atoms with van der Waals surface area (Å²) in [6, 6.07) is 5.62. The van der Waals surface area contributed by atoms with Gasteiger partial charge in [-0.2, -0.15) is 0 Å². The predicted octanol–water partition coefficient (Wildman–Crippen LogP) is -1.35. The second kappa shape index (κ2) is 11.3. The minimum absolute atomic E-state index is 0.0712. The molecule has 2 fully saturated rings. The highest BCUT2D eigenvalue weighted by Gasteiger charge is 2.48. The zero-order valence-corrected chi connectivity index (χ0v) is 21.9. The highest BCUT2D eigenvalue weighted by atomic mass is 16.7. The number of aliphatic hydroxyl groups excluding tert-OH is 6. The molecule has 15 heteroatoms. The van der Waals surface area contributed by atoms with E-state index >= 15 is 0 Å². The Kier molecular flexibility index (Phi) is 8.06. The van der Waals surface area contributed by atoms with Gasteiger partial charge < -0.3 is 69.7 Å². The van der Waals surface area contributed by atoms with Gasteiger partial charge in [-0.1, -0.05) is 0 Å². The maximum atomic E-state index is 13.0. The number of fused-ring (bicyclic) bond motifs is 1. The smallest absolute Gasteiger partial charge is 0.197 e. The second-order valence-electron chi connectivity index (χ2n) is 10.3. The Morgan fingerprint density at radius 2 is 1.45 bits per heavy atom. The summed E-state index contributed by atoms with van der Waals surface area (Å²) >= 11 is 0. The molecule has 2 aliphatic heterocycles. The molecule has 42 heavy (non-hydrogen) atoms. The second-order valence-corrected chi connectivity index (χ2v) is 10.3. The number of aromatic hydroxyl groups is 4. The summed E-state index contributed by atoms with van der Waals surface area (Å²) in [4.78, 5) is 13.0. The molecular weight excluding hydrogens is 564 g/mol. The van der Waals surface area contributed by atoms with Crippen LogP contribution in [-0.4, -0.2) is 113 Å². The van der Waals surface area contributed by atoms with Crippen LogP contribution in [0.1, 0.15) is 18.6 Å². The number of phenolic OH excluding ortho intramolecular Hbond substituents is 4. The van der Waals surface area contributed by atoms with Gasteiger partial charge in [0, 0.05) is 17.7 Å². The molecular formula is C27H30O15. The highest BCUT2D eigenvalue weighted by molar-refractivity contribution is 5.88. The molecule has 2 saturated heterocycles. The maximum absolute atomic E-state index is 13.0. The average Bonchev–Trinajstić information content (AvgIpc) is 2.94. The van der Waals surface area contributed by atoms with Gasteiger partial charge in [0.2, 0.25) is 0 Å². The summed E-state index contributed by atoms with van der Waals surface area (Å²) in [5.74, 6) is -2.51. The summed E-state index contributed by atoms with van der Waals surface area (Å²) < 4.78 is 22.1. The third kappa shape index (κ3) is 5.15. The molecule has 0 aliphatic carbocycles. The largest absolute Gasteiger partial charge is 0.507 e. The lowest BCUT2D eigenvalue weighted by Crippen LogP contribution is -2.59. The van der Waals surface area contributed by atoms with Crippen LogP contribution in [0.2, 0.25) is 0 Å². The van der Waals surface area contributed by atoms with E-state index in [1.54, 1.807) is 0 Å². The first-order valence-electron chi connectivity index (χ1n) is 12.9. The van der Waals surface area contributed by atoms with Crippen molar-refractivity contribution in [2.75, 3.05) is 6.61 Å². The molecule has 228 valence electrons. The molecule has 3 heterocycles. The number of benzene rings is 2. The van der Waals surface area contributed by atoms with Crippen molar-refractivity contribution in [3.63, 3.8) is 0 Å². The van der Waals surface area contributed by atoms with Crippen LogP contribution in [0.5, 0.6) is 23.0 Å². The van der Waals surface area contributed by atoms with Gasteiger partial charge in [0.25, 0.3) is 0 Å². The van der Waals surface area contributed by atoms with Crippen LogP contribution < -0.4 is 5.43 Å². The quantitative estimate of drug-likeness (QED) is 0.153. The molecule has 0 spiro atoms. The first-order valence-corrected chi connectivity index (χ1v) is 12.9. The van der Waals surface area contributed by atoms with Crippen LogP contribution in [0.3, 0.4) is 0 Å². The topological polar surface area (TPSA) is 260 Å². The minimum Gasteiger partial charge on any atom is -0.507 e. The number of aliphatic hydroxyl groups is 6. The standard InChI is InChI=1S/C27H30O15/c1-8-19(32)22(35)25(38)27(40-8)39-7-16-20(33)23(36)24(37)26(42-16)18-13(31)6-15-17(21(18)34)12(30)5-14(41-15)9-2-3-10(28)11(29)4-9/h2-6,8,16,19-20,22-29,31-38H,7H2,1H3/t8-,16+,19+,20-,22-,23+,24-,25-,26+,27-/m1/s1. The lowest BCUT2D eigenvalue weighted by atomic mass is 9.89. The van der Waals surface area contributed by atoms with E-state index in [-0.39, 0.29) is 16.9 Å². The van der Waals surface area contributed by atoms with Crippen molar-refractivity contribution in [1.82, 2.24) is 0 Å². The first-order chi connectivity index (χ1) is 19.8. The van der Waals surface area contributed by atoms with Gasteiger partial charge in [0.05, 0.1) is 18.3 Å². The normalized spacial score (nSPS) is 33.6. The van der Waals surface area contributed by atoms with Crippen molar-refractivity contribution in [3.05, 3.63) is 46.1 Å². The molecule has 5 rings (SSSR count). The van der Waals surface area contributed by atoms with Gasteiger partial charge in [-0.15, -0.1) is 0 Å². The summed E-state index contributed by atoms with van der Waals surface area (Å²) in [6.45, 7) is 0.844. The lowest BCUT2D eigenvalue weighted by molar-refractivity contribution is -0.308. The average molecular weight is 595 g/mol. The summed E-state index contributed by atoms with van der Waals surface area (Å²) in [6.07, 6.45) is -15.8. The molecule has 2 aliphatic rings. The summed E-state index contributed by atoms with van der Waals surface area (Å²) in [5, 5.41) is 103. The van der Waals surface area contributed by atoms with Crippen LogP contribution >= 0.6 is 0 Å². The van der Waals surface area contributed by atoms with Gasteiger partial charge >= 0.3 is 0 Å². The van der Waals surface area contributed by atoms with Crippen LogP contribution in [0.25, 0.3) is 22.3 Å². The molecule has 1 aromatic heterocycles. The fraction of sp³-hybridized carbons (Fsp3) is 0.444. The van der Waals surface area contributed by atoms with Crippen molar-refractivity contribution in [3.8, 4) is 34.3 Å². The summed E-state index contributed by atoms with van der Waals surface area (Å²) in [5.41, 5.74) is -1.38. The number of ether oxygens (including phenoxy) is 3. The van der Waals surface area contributed by atoms with E-state index in [0.717, 1.165) is 18.2 Å². The maximum Gasteiger partial charge on any atom is 0.197 e. The van der Waals surface area contributed by atoms with Crippen LogP contribution in [-0.2, 0) is 14.2 Å². The number of rotatable bonds is 5. The van der Waals surface area contributed by atoms with Crippen LogP contribution in [0, 0.1) is 0 Å². The highest BCUT2D eigenvalue weighted by Crippen LogP contribution is 2.45. The molecule has 10 atom stereocenters. The molecule has 0 radical (unpaired) electrons. The van der Waals surface area contributed by atoms with Crippen LogP contribution in [0.4, 0.5) is 0 Å². The van der Waals surface area contributed by atoms with Crippen molar-refractivity contribution >= 4 is 11.0 Å². The fourth-order valence-electron chi connectivity index (χ4n) is 5.07. The SMILES string of the molecule is C[C@H]1O[C@@H](OC[C@@H]2O[C@@H](c3c(O)cc4oc(-c5ccc(O)c(O)c5)cc(=O)c4c3O)[C@H](O)[C@@H](O)[C@@H]2O)[C@H](O)[C@H](O)[C@H]1O.